The summed E-state index contributed by atoms with van der Waals surface area (Å²) in [6.07, 6.45) is 5.78. The van der Waals surface area contributed by atoms with E-state index in [1.54, 1.807) is 17.6 Å². The largest absolute Gasteiger partial charge is 0.489 e. The van der Waals surface area contributed by atoms with Gasteiger partial charge >= 0.3 is 0 Å². The van der Waals surface area contributed by atoms with Crippen molar-refractivity contribution in [3.05, 3.63) is 140 Å². The summed E-state index contributed by atoms with van der Waals surface area (Å²) in [7, 11) is 0. The van der Waals surface area contributed by atoms with Crippen molar-refractivity contribution in [1.82, 2.24) is 0 Å². The highest BCUT2D eigenvalue weighted by Crippen LogP contribution is 2.40. The average molecular weight is 642 g/mol. The highest BCUT2D eigenvalue weighted by atomic mass is 35.5. The minimum atomic E-state index is -0.138. The van der Waals surface area contributed by atoms with Gasteiger partial charge in [-0.15, -0.1) is 11.3 Å². The fourth-order valence-corrected chi connectivity index (χ4v) is 6.71. The van der Waals surface area contributed by atoms with Gasteiger partial charge in [0, 0.05) is 49.6 Å². The van der Waals surface area contributed by atoms with Crippen molar-refractivity contribution in [1.29, 1.82) is 0 Å². The fraction of sp³-hybridized carbons (Fsp3) is 0.167. The second-order valence-corrected chi connectivity index (χ2v) is 12.3. The quantitative estimate of drug-likeness (QED) is 0.154. The van der Waals surface area contributed by atoms with E-state index >= 15 is 0 Å². The number of halogens is 2. The number of nitrogens with zero attached hydrogens (tertiary/aromatic N) is 1. The lowest BCUT2D eigenvalue weighted by Gasteiger charge is -2.14. The Bertz CT molecular complexity index is 1800. The number of hydrogen-bond acceptors (Lipinski definition) is 5. The Morgan fingerprint density at radius 1 is 0.818 bits per heavy atom. The highest BCUT2D eigenvalue weighted by molar-refractivity contribution is 7.16. The van der Waals surface area contributed by atoms with E-state index < -0.39 is 0 Å². The predicted molar refractivity (Wildman–Crippen MR) is 181 cm³/mol. The molecule has 1 aromatic heterocycles. The van der Waals surface area contributed by atoms with E-state index in [1.807, 2.05) is 97.1 Å². The van der Waals surface area contributed by atoms with Crippen molar-refractivity contribution in [3.8, 4) is 11.5 Å². The maximum Gasteiger partial charge on any atom is 0.259 e. The Morgan fingerprint density at radius 3 is 2.20 bits per heavy atom. The van der Waals surface area contributed by atoms with Crippen LogP contribution in [0, 0.1) is 0 Å². The van der Waals surface area contributed by atoms with Gasteiger partial charge in [-0.25, -0.2) is 4.99 Å². The maximum absolute atomic E-state index is 13.6. The summed E-state index contributed by atoms with van der Waals surface area (Å²) in [6, 6.07) is 30.3. The summed E-state index contributed by atoms with van der Waals surface area (Å²) < 4.78 is 12.4. The van der Waals surface area contributed by atoms with Gasteiger partial charge in [0.2, 0.25) is 0 Å². The molecule has 0 spiro atoms. The zero-order chi connectivity index (χ0) is 30.3. The molecule has 5 nitrogen and oxygen atoms in total. The van der Waals surface area contributed by atoms with Crippen molar-refractivity contribution in [2.24, 2.45) is 4.99 Å². The molecule has 5 aromatic rings. The topological polar surface area (TPSA) is 59.9 Å². The van der Waals surface area contributed by atoms with Crippen LogP contribution in [0.25, 0.3) is 0 Å². The van der Waals surface area contributed by atoms with E-state index in [4.69, 9.17) is 37.7 Å². The number of aryl methyl sites for hydroxylation is 1. The van der Waals surface area contributed by atoms with E-state index in [-0.39, 0.29) is 12.5 Å². The molecule has 1 N–H and O–H groups in total. The summed E-state index contributed by atoms with van der Waals surface area (Å²) in [4.78, 5) is 19.7. The lowest BCUT2D eigenvalue weighted by Crippen LogP contribution is -2.14. The number of carbonyl (C=O) groups excluding carboxylic acids is 1. The molecule has 0 atom stereocenters. The molecule has 0 radical (unpaired) electrons. The third-order valence-corrected chi connectivity index (χ3v) is 9.35. The molecule has 1 heterocycles. The van der Waals surface area contributed by atoms with Gasteiger partial charge in [0.1, 0.15) is 29.7 Å². The minimum absolute atomic E-state index is 0.138. The molecule has 0 fully saturated rings. The smallest absolute Gasteiger partial charge is 0.259 e. The number of fused-ring (bicyclic) bond motifs is 1. The standard InChI is InChI=1S/C36H30Cl2N2O3S/c37-30-15-7-4-10-25(30)22-42-28-19-18-24(32(20-28)43-23-26-11-5-8-16-31(26)38)21-39-36-34(29-14-6-9-17-33(29)44-36)35(41)40-27-12-2-1-3-13-27/h1-5,7-8,10-13,15-16,18-21H,6,9,14,17,22-23H2,(H,40,41). The van der Waals surface area contributed by atoms with Crippen LogP contribution in [0.1, 0.15) is 50.3 Å². The van der Waals surface area contributed by atoms with Crippen LogP contribution in [-0.2, 0) is 26.1 Å². The van der Waals surface area contributed by atoms with Gasteiger partial charge in [-0.05, 0) is 67.6 Å². The van der Waals surface area contributed by atoms with Gasteiger partial charge in [0.25, 0.3) is 5.91 Å². The van der Waals surface area contributed by atoms with Gasteiger partial charge < -0.3 is 14.8 Å². The summed E-state index contributed by atoms with van der Waals surface area (Å²) in [5.41, 5.74) is 5.03. The molecule has 222 valence electrons. The molecule has 1 amide bonds. The zero-order valence-electron chi connectivity index (χ0n) is 23.9. The van der Waals surface area contributed by atoms with Crippen molar-refractivity contribution in [2.75, 3.05) is 5.32 Å². The molecule has 1 aliphatic rings. The molecule has 1 aliphatic carbocycles. The first-order chi connectivity index (χ1) is 21.5. The molecule has 0 saturated carbocycles. The summed E-state index contributed by atoms with van der Waals surface area (Å²) >= 11 is 14.3. The number of thiophene rings is 1. The first kappa shape index (κ1) is 29.9. The monoisotopic (exact) mass is 640 g/mol. The first-order valence-electron chi connectivity index (χ1n) is 14.5. The van der Waals surface area contributed by atoms with Crippen LogP contribution in [0.15, 0.2) is 102 Å². The van der Waals surface area contributed by atoms with Gasteiger partial charge in [-0.3, -0.25) is 4.79 Å². The predicted octanol–water partition coefficient (Wildman–Crippen LogP) is 10.1. The first-order valence-corrected chi connectivity index (χ1v) is 16.0. The number of benzene rings is 4. The molecular formula is C36H30Cl2N2O3S. The Hall–Kier alpha value is -4.10. The number of aliphatic imine (C=N–C) groups is 1. The number of rotatable bonds is 10. The third kappa shape index (κ3) is 7.16. The van der Waals surface area contributed by atoms with Crippen LogP contribution in [-0.4, -0.2) is 12.1 Å². The number of amides is 1. The SMILES string of the molecule is O=C(Nc1ccccc1)c1c(N=Cc2ccc(OCc3ccccc3Cl)cc2OCc2ccccc2Cl)sc2c1CCCC2. The highest BCUT2D eigenvalue weighted by Gasteiger charge is 2.25. The number of nitrogens with one attached hydrogen (secondary N) is 1. The molecule has 4 aromatic carbocycles. The molecule has 8 heteroatoms. The third-order valence-electron chi connectivity index (χ3n) is 7.41. The molecule has 6 rings (SSSR count). The minimum Gasteiger partial charge on any atom is -0.489 e. The number of ether oxygens (including phenoxy) is 2. The van der Waals surface area contributed by atoms with E-state index in [0.29, 0.717) is 38.7 Å². The van der Waals surface area contributed by atoms with Crippen molar-refractivity contribution in [2.45, 2.75) is 38.9 Å². The van der Waals surface area contributed by atoms with E-state index in [0.717, 1.165) is 53.6 Å². The zero-order valence-corrected chi connectivity index (χ0v) is 26.2. The molecular weight excluding hydrogens is 611 g/mol. The lowest BCUT2D eigenvalue weighted by molar-refractivity contribution is 0.102. The maximum atomic E-state index is 13.6. The van der Waals surface area contributed by atoms with Crippen LogP contribution >= 0.6 is 34.5 Å². The summed E-state index contributed by atoms with van der Waals surface area (Å²) in [5, 5.41) is 5.04. The second-order valence-electron chi connectivity index (χ2n) is 10.4. The van der Waals surface area contributed by atoms with Crippen molar-refractivity contribution in [3.63, 3.8) is 0 Å². The van der Waals surface area contributed by atoms with Gasteiger partial charge in [0.05, 0.1) is 5.56 Å². The Balaban J connectivity index is 1.30. The Morgan fingerprint density at radius 2 is 1.48 bits per heavy atom. The van der Waals surface area contributed by atoms with E-state index in [2.05, 4.69) is 5.32 Å². The average Bonchev–Trinajstić information content (AvgIpc) is 3.42. The summed E-state index contributed by atoms with van der Waals surface area (Å²) in [6.45, 7) is 0.588. The fourth-order valence-electron chi connectivity index (χ4n) is 5.10. The Kier molecular flexibility index (Phi) is 9.61. The second kappa shape index (κ2) is 14.1. The van der Waals surface area contributed by atoms with Crippen molar-refractivity contribution >= 4 is 57.3 Å². The van der Waals surface area contributed by atoms with Crippen LogP contribution in [0.2, 0.25) is 10.0 Å². The van der Waals surface area contributed by atoms with Crippen LogP contribution in [0.4, 0.5) is 10.7 Å². The molecule has 0 aliphatic heterocycles. The van der Waals surface area contributed by atoms with E-state index in [1.165, 1.54) is 4.88 Å². The number of para-hydroxylation sites is 1. The van der Waals surface area contributed by atoms with Crippen LogP contribution < -0.4 is 14.8 Å². The Labute approximate surface area is 271 Å². The van der Waals surface area contributed by atoms with Gasteiger partial charge in [-0.1, -0.05) is 77.8 Å². The number of anilines is 1. The van der Waals surface area contributed by atoms with Gasteiger partial charge in [-0.2, -0.15) is 0 Å². The molecule has 0 bridgehead atoms. The van der Waals surface area contributed by atoms with Gasteiger partial charge in [0.15, 0.2) is 0 Å². The van der Waals surface area contributed by atoms with Crippen molar-refractivity contribution < 1.29 is 14.3 Å². The van der Waals surface area contributed by atoms with Crippen LogP contribution in [0.3, 0.4) is 0 Å². The molecule has 0 unspecified atom stereocenters. The number of hydrogen-bond donors (Lipinski definition) is 1. The molecule has 0 saturated heterocycles. The van der Waals surface area contributed by atoms with E-state index in [9.17, 15) is 4.79 Å². The normalized spacial score (nSPS) is 12.6. The molecule has 44 heavy (non-hydrogen) atoms. The summed E-state index contributed by atoms with van der Waals surface area (Å²) in [5.74, 6) is 1.08. The lowest BCUT2D eigenvalue weighted by atomic mass is 9.95. The van der Waals surface area contributed by atoms with Crippen LogP contribution in [0.5, 0.6) is 11.5 Å². The number of carbonyl (C=O) groups is 1.